The summed E-state index contributed by atoms with van der Waals surface area (Å²) in [6, 6.07) is 1.68. The molecule has 2 heterocycles. The molecule has 0 bridgehead atoms. The second-order valence-electron chi connectivity index (χ2n) is 4.24. The van der Waals surface area contributed by atoms with Crippen molar-refractivity contribution < 1.29 is 8.42 Å². The Hall–Kier alpha value is -0.760. The predicted molar refractivity (Wildman–Crippen MR) is 70.4 cm³/mol. The fraction of sp³-hybridized carbons (Fsp3) is 0.600. The van der Waals surface area contributed by atoms with Crippen LogP contribution in [0.1, 0.15) is 17.8 Å². The molecule has 1 atom stereocenters. The lowest BCUT2D eigenvalue weighted by atomic mass is 10.3. The molecule has 0 spiro atoms. The Balaban J connectivity index is 0.00000162. The van der Waals surface area contributed by atoms with Crippen LogP contribution >= 0.6 is 12.4 Å². The molecule has 0 unspecified atom stereocenters. The lowest BCUT2D eigenvalue weighted by Gasteiger charge is -2.11. The largest absolute Gasteiger partial charge is 0.315 e. The first-order valence-electron chi connectivity index (χ1n) is 5.53. The molecule has 1 aromatic heterocycles. The van der Waals surface area contributed by atoms with Crippen molar-refractivity contribution in [2.75, 3.05) is 13.1 Å². The molecule has 102 valence electrons. The van der Waals surface area contributed by atoms with E-state index >= 15 is 0 Å². The third-order valence-electron chi connectivity index (χ3n) is 2.58. The molecule has 1 aliphatic rings. The Morgan fingerprint density at radius 3 is 2.44 bits per heavy atom. The molecule has 8 heteroatoms. The Kier molecular flexibility index (Phi) is 5.03. The first kappa shape index (κ1) is 15.3. The van der Waals surface area contributed by atoms with Crippen molar-refractivity contribution in [3.05, 3.63) is 17.5 Å². The van der Waals surface area contributed by atoms with Crippen LogP contribution < -0.4 is 10.0 Å². The van der Waals surface area contributed by atoms with Crippen LogP contribution in [0.25, 0.3) is 0 Å². The van der Waals surface area contributed by atoms with Crippen molar-refractivity contribution in [3.8, 4) is 0 Å². The summed E-state index contributed by atoms with van der Waals surface area (Å²) < 4.78 is 26.7. The first-order chi connectivity index (χ1) is 7.97. The minimum atomic E-state index is -3.60. The Morgan fingerprint density at radius 2 is 1.94 bits per heavy atom. The van der Waals surface area contributed by atoms with E-state index in [1.54, 1.807) is 19.9 Å². The average molecular weight is 293 g/mol. The van der Waals surface area contributed by atoms with Gasteiger partial charge in [0.05, 0.1) is 0 Å². The molecule has 0 radical (unpaired) electrons. The van der Waals surface area contributed by atoms with Crippen molar-refractivity contribution in [3.63, 3.8) is 0 Å². The van der Waals surface area contributed by atoms with E-state index in [9.17, 15) is 8.42 Å². The number of nitrogens with zero attached hydrogens (tertiary/aromatic N) is 2. The first-order valence-corrected chi connectivity index (χ1v) is 7.01. The van der Waals surface area contributed by atoms with Crippen molar-refractivity contribution in [2.45, 2.75) is 31.5 Å². The summed E-state index contributed by atoms with van der Waals surface area (Å²) >= 11 is 0. The second kappa shape index (κ2) is 5.92. The van der Waals surface area contributed by atoms with E-state index in [1.165, 1.54) is 0 Å². The standard InChI is InChI=1S/C10H16N4O2S.ClH/c1-7-5-8(2)13-10(12-7)17(15,16)14-9-3-4-11-6-9;/h5,9,11,14H,3-4,6H2,1-2H3;1H/t9-;/m1./s1. The number of nitrogens with one attached hydrogen (secondary N) is 2. The van der Waals surface area contributed by atoms with Crippen molar-refractivity contribution in [1.29, 1.82) is 0 Å². The molecular weight excluding hydrogens is 276 g/mol. The number of aromatic nitrogens is 2. The van der Waals surface area contributed by atoms with Crippen LogP contribution in [0.5, 0.6) is 0 Å². The molecule has 0 saturated carbocycles. The minimum absolute atomic E-state index is 0. The van der Waals surface area contributed by atoms with Crippen LogP contribution in [0.4, 0.5) is 0 Å². The number of aryl methyl sites for hydroxylation is 2. The van der Waals surface area contributed by atoms with E-state index < -0.39 is 10.0 Å². The number of halogens is 1. The summed E-state index contributed by atoms with van der Waals surface area (Å²) in [5.41, 5.74) is 1.31. The zero-order chi connectivity index (χ0) is 12.5. The SMILES string of the molecule is Cc1cc(C)nc(S(=O)(=O)N[C@@H]2CCNC2)n1.Cl. The van der Waals surface area contributed by atoms with Gasteiger partial charge in [-0.25, -0.2) is 23.1 Å². The quantitative estimate of drug-likeness (QED) is 0.775. The third kappa shape index (κ3) is 3.61. The monoisotopic (exact) mass is 292 g/mol. The summed E-state index contributed by atoms with van der Waals surface area (Å²) in [6.45, 7) is 5.00. The summed E-state index contributed by atoms with van der Waals surface area (Å²) in [6.07, 6.45) is 0.796. The lowest BCUT2D eigenvalue weighted by Crippen LogP contribution is -2.37. The van der Waals surface area contributed by atoms with Gasteiger partial charge >= 0.3 is 0 Å². The zero-order valence-corrected chi connectivity index (χ0v) is 11.9. The zero-order valence-electron chi connectivity index (χ0n) is 10.3. The maximum absolute atomic E-state index is 12.0. The van der Waals surface area contributed by atoms with Gasteiger partial charge in [0.25, 0.3) is 15.2 Å². The summed E-state index contributed by atoms with van der Waals surface area (Å²) in [4.78, 5) is 7.93. The summed E-state index contributed by atoms with van der Waals surface area (Å²) in [5.74, 6) is 0. The van der Waals surface area contributed by atoms with Crippen LogP contribution in [0.2, 0.25) is 0 Å². The number of sulfonamides is 1. The molecule has 0 aromatic carbocycles. The van der Waals surface area contributed by atoms with Gasteiger partial charge in [0.1, 0.15) is 0 Å². The predicted octanol–water partition coefficient (Wildman–Crippen LogP) is 0.155. The van der Waals surface area contributed by atoms with Gasteiger partial charge in [-0.15, -0.1) is 12.4 Å². The number of rotatable bonds is 3. The van der Waals surface area contributed by atoms with E-state index in [4.69, 9.17) is 0 Å². The average Bonchev–Trinajstić information content (AvgIpc) is 2.68. The highest BCUT2D eigenvalue weighted by Gasteiger charge is 2.25. The van der Waals surface area contributed by atoms with E-state index in [1.807, 2.05) is 0 Å². The molecule has 0 aliphatic carbocycles. The van der Waals surface area contributed by atoms with E-state index in [0.717, 1.165) is 13.0 Å². The van der Waals surface area contributed by atoms with Crippen molar-refractivity contribution >= 4 is 22.4 Å². The maximum Gasteiger partial charge on any atom is 0.276 e. The Labute approximate surface area is 113 Å². The normalized spacial score (nSPS) is 19.6. The van der Waals surface area contributed by atoms with E-state index in [2.05, 4.69) is 20.0 Å². The van der Waals surface area contributed by atoms with E-state index in [-0.39, 0.29) is 23.6 Å². The van der Waals surface area contributed by atoms with Crippen molar-refractivity contribution in [1.82, 2.24) is 20.0 Å². The summed E-state index contributed by atoms with van der Waals surface area (Å²) in [7, 11) is -3.60. The van der Waals surface area contributed by atoms with Crippen LogP contribution in [-0.2, 0) is 10.0 Å². The molecule has 1 aliphatic heterocycles. The topological polar surface area (TPSA) is 84.0 Å². The molecule has 18 heavy (non-hydrogen) atoms. The Morgan fingerprint density at radius 1 is 1.33 bits per heavy atom. The van der Waals surface area contributed by atoms with Gasteiger partial charge in [-0.2, -0.15) is 0 Å². The lowest BCUT2D eigenvalue weighted by molar-refractivity contribution is 0.550. The highest BCUT2D eigenvalue weighted by atomic mass is 35.5. The molecule has 0 amide bonds. The molecule has 2 rings (SSSR count). The number of hydrogen-bond donors (Lipinski definition) is 2. The van der Waals surface area contributed by atoms with Gasteiger partial charge in [-0.3, -0.25) is 0 Å². The molecule has 1 saturated heterocycles. The van der Waals surface area contributed by atoms with E-state index in [0.29, 0.717) is 17.9 Å². The second-order valence-corrected chi connectivity index (χ2v) is 5.85. The highest BCUT2D eigenvalue weighted by Crippen LogP contribution is 2.08. The smallest absolute Gasteiger partial charge is 0.276 e. The van der Waals surface area contributed by atoms with Crippen LogP contribution in [-0.4, -0.2) is 37.5 Å². The van der Waals surface area contributed by atoms with Gasteiger partial charge in [0, 0.05) is 24.0 Å². The summed E-state index contributed by atoms with van der Waals surface area (Å²) in [5, 5.41) is 2.96. The van der Waals surface area contributed by atoms with Crippen LogP contribution in [0.15, 0.2) is 11.2 Å². The van der Waals surface area contributed by atoms with Gasteiger partial charge < -0.3 is 5.32 Å². The Bertz CT molecular complexity index is 494. The molecule has 1 fully saturated rings. The van der Waals surface area contributed by atoms with Gasteiger partial charge in [0.15, 0.2) is 0 Å². The van der Waals surface area contributed by atoms with Crippen LogP contribution in [0, 0.1) is 13.8 Å². The molecular formula is C10H17ClN4O2S. The molecule has 1 aromatic rings. The fourth-order valence-electron chi connectivity index (χ4n) is 1.84. The fourth-order valence-corrected chi connectivity index (χ4v) is 3.11. The third-order valence-corrected chi connectivity index (χ3v) is 3.89. The molecule has 6 nitrogen and oxygen atoms in total. The van der Waals surface area contributed by atoms with Crippen LogP contribution in [0.3, 0.4) is 0 Å². The van der Waals surface area contributed by atoms with Gasteiger partial charge in [-0.1, -0.05) is 0 Å². The van der Waals surface area contributed by atoms with Gasteiger partial charge in [-0.05, 0) is 32.9 Å². The minimum Gasteiger partial charge on any atom is -0.315 e. The van der Waals surface area contributed by atoms with Crippen molar-refractivity contribution in [2.24, 2.45) is 0 Å². The maximum atomic E-state index is 12.0. The number of hydrogen-bond acceptors (Lipinski definition) is 5. The molecule has 2 N–H and O–H groups in total. The van der Waals surface area contributed by atoms with Gasteiger partial charge in [0.2, 0.25) is 0 Å². The highest BCUT2D eigenvalue weighted by molar-refractivity contribution is 7.89.